The van der Waals surface area contributed by atoms with E-state index in [1.165, 1.54) is 31.0 Å². The van der Waals surface area contributed by atoms with Gasteiger partial charge < -0.3 is 11.1 Å². The average Bonchev–Trinajstić information content (AvgIpc) is 2.71. The first-order chi connectivity index (χ1) is 13.9. The van der Waals surface area contributed by atoms with Crippen LogP contribution in [0.5, 0.6) is 0 Å². The Morgan fingerprint density at radius 3 is 2.53 bits per heavy atom. The molecular weight excluding hydrogens is 518 g/mol. The summed E-state index contributed by atoms with van der Waals surface area (Å²) in [6, 6.07) is 12.3. The van der Waals surface area contributed by atoms with Gasteiger partial charge in [0.05, 0.1) is 11.4 Å². The van der Waals surface area contributed by atoms with E-state index in [9.17, 15) is 12.8 Å². The molecule has 2 aromatic carbocycles. The van der Waals surface area contributed by atoms with Crippen LogP contribution in [0.3, 0.4) is 0 Å². The largest absolute Gasteiger partial charge is 0.370 e. The highest BCUT2D eigenvalue weighted by Crippen LogP contribution is 2.13. The molecule has 2 rings (SSSR count). The summed E-state index contributed by atoms with van der Waals surface area (Å²) in [5.74, 6) is -0.0582. The van der Waals surface area contributed by atoms with Crippen LogP contribution in [0.4, 0.5) is 4.39 Å². The van der Waals surface area contributed by atoms with Crippen LogP contribution in [0.2, 0.25) is 0 Å². The Labute approximate surface area is 195 Å². The van der Waals surface area contributed by atoms with Gasteiger partial charge in [0, 0.05) is 13.1 Å². The van der Waals surface area contributed by atoms with Crippen molar-refractivity contribution in [1.82, 2.24) is 10.0 Å². The molecule has 0 saturated carbocycles. The fourth-order valence-electron chi connectivity index (χ4n) is 2.72. The fraction of sp³-hybridized carbons (Fsp3) is 0.381. The monoisotopic (exact) mass is 548 g/mol. The number of nitrogens with zero attached hydrogens (tertiary/aromatic N) is 1. The molecule has 0 aromatic heterocycles. The van der Waals surface area contributed by atoms with Crippen LogP contribution in [0.1, 0.15) is 43.7 Å². The minimum absolute atomic E-state index is 0. The smallest absolute Gasteiger partial charge is 0.240 e. The lowest BCUT2D eigenvalue weighted by Crippen LogP contribution is -2.32. The molecule has 0 aliphatic rings. The number of unbranched alkanes of at least 4 members (excludes halogenated alkanes) is 3. The predicted octanol–water partition coefficient (Wildman–Crippen LogP) is 3.91. The summed E-state index contributed by atoms with van der Waals surface area (Å²) in [6.45, 7) is 3.22. The number of sulfonamides is 1. The summed E-state index contributed by atoms with van der Waals surface area (Å²) in [5, 5.41) is 3.07. The number of benzene rings is 2. The minimum atomic E-state index is -3.72. The number of guanidine groups is 1. The van der Waals surface area contributed by atoms with Crippen molar-refractivity contribution in [3.05, 3.63) is 65.5 Å². The molecule has 6 nitrogen and oxygen atoms in total. The molecule has 9 heteroatoms. The highest BCUT2D eigenvalue weighted by atomic mass is 127. The van der Waals surface area contributed by atoms with Crippen molar-refractivity contribution in [2.45, 2.75) is 50.6 Å². The van der Waals surface area contributed by atoms with Gasteiger partial charge in [0.15, 0.2) is 5.96 Å². The first kappa shape index (κ1) is 26.3. The number of hydrogen-bond donors (Lipinski definition) is 3. The van der Waals surface area contributed by atoms with Crippen LogP contribution in [-0.4, -0.2) is 20.9 Å². The van der Waals surface area contributed by atoms with E-state index in [-0.39, 0.29) is 42.0 Å². The van der Waals surface area contributed by atoms with E-state index in [0.717, 1.165) is 24.9 Å². The van der Waals surface area contributed by atoms with Crippen molar-refractivity contribution < 1.29 is 12.8 Å². The van der Waals surface area contributed by atoms with Crippen molar-refractivity contribution >= 4 is 40.0 Å². The molecule has 0 bridgehead atoms. The van der Waals surface area contributed by atoms with Gasteiger partial charge in [-0.15, -0.1) is 24.0 Å². The van der Waals surface area contributed by atoms with Gasteiger partial charge in [0.1, 0.15) is 5.82 Å². The van der Waals surface area contributed by atoms with Crippen molar-refractivity contribution in [1.29, 1.82) is 0 Å². The zero-order chi connectivity index (χ0) is 21.1. The second-order valence-corrected chi connectivity index (χ2v) is 8.56. The van der Waals surface area contributed by atoms with Crippen LogP contribution in [-0.2, 0) is 23.1 Å². The molecule has 2 aromatic rings. The Kier molecular flexibility index (Phi) is 11.9. The van der Waals surface area contributed by atoms with Crippen LogP contribution in [0, 0.1) is 5.82 Å². The van der Waals surface area contributed by atoms with E-state index in [1.807, 2.05) is 0 Å². The van der Waals surface area contributed by atoms with Gasteiger partial charge in [-0.1, -0.05) is 50.5 Å². The van der Waals surface area contributed by atoms with Gasteiger partial charge in [0.25, 0.3) is 0 Å². The van der Waals surface area contributed by atoms with Gasteiger partial charge in [-0.3, -0.25) is 0 Å². The Morgan fingerprint density at radius 1 is 1.07 bits per heavy atom. The van der Waals surface area contributed by atoms with Gasteiger partial charge >= 0.3 is 0 Å². The Morgan fingerprint density at radius 2 is 1.80 bits per heavy atom. The molecule has 0 radical (unpaired) electrons. The maximum atomic E-state index is 13.2. The molecule has 0 aliphatic heterocycles. The molecule has 30 heavy (non-hydrogen) atoms. The quantitative estimate of drug-likeness (QED) is 0.172. The predicted molar refractivity (Wildman–Crippen MR) is 130 cm³/mol. The highest BCUT2D eigenvalue weighted by molar-refractivity contribution is 14.0. The first-order valence-corrected chi connectivity index (χ1v) is 11.3. The van der Waals surface area contributed by atoms with Crippen LogP contribution in [0.15, 0.2) is 58.4 Å². The summed E-state index contributed by atoms with van der Waals surface area (Å²) < 4.78 is 40.8. The lowest BCUT2D eigenvalue weighted by atomic mass is 10.2. The molecule has 0 spiro atoms. The van der Waals surface area contributed by atoms with E-state index in [1.54, 1.807) is 30.3 Å². The third-order valence-electron chi connectivity index (χ3n) is 4.33. The second kappa shape index (κ2) is 13.6. The summed E-state index contributed by atoms with van der Waals surface area (Å²) in [7, 11) is -3.72. The average molecular weight is 548 g/mol. The van der Waals surface area contributed by atoms with Crippen molar-refractivity contribution in [2.75, 3.05) is 6.54 Å². The topological polar surface area (TPSA) is 96.6 Å². The maximum Gasteiger partial charge on any atom is 0.240 e. The lowest BCUT2D eigenvalue weighted by molar-refractivity contribution is 0.580. The Bertz CT molecular complexity index is 923. The molecule has 4 N–H and O–H groups in total. The molecule has 0 amide bonds. The number of rotatable bonds is 11. The number of hydrogen-bond acceptors (Lipinski definition) is 3. The summed E-state index contributed by atoms with van der Waals surface area (Å²) >= 11 is 0. The van der Waals surface area contributed by atoms with Crippen molar-refractivity contribution in [3.8, 4) is 0 Å². The normalized spacial score (nSPS) is 11.7. The standard InChI is InChI=1S/C21H29FN4O2S.HI/c1-2-3-4-5-12-24-21(23)25-15-18-9-7-11-20(14-18)29(27,28)26-16-17-8-6-10-19(22)13-17;/h6-11,13-14,26H,2-5,12,15-16H2,1H3,(H3,23,24,25);1H. The zero-order valence-corrected chi connectivity index (χ0v) is 20.3. The summed E-state index contributed by atoms with van der Waals surface area (Å²) in [5.41, 5.74) is 7.14. The SMILES string of the molecule is CCCCCCNC(N)=NCc1cccc(S(=O)(=O)NCc2cccc(F)c2)c1.I. The third-order valence-corrected chi connectivity index (χ3v) is 5.73. The maximum absolute atomic E-state index is 13.2. The van der Waals surface area contributed by atoms with E-state index in [2.05, 4.69) is 22.0 Å². The fourth-order valence-corrected chi connectivity index (χ4v) is 3.81. The van der Waals surface area contributed by atoms with Crippen molar-refractivity contribution in [3.63, 3.8) is 0 Å². The Balaban J connectivity index is 0.00000450. The van der Waals surface area contributed by atoms with E-state index in [4.69, 9.17) is 5.73 Å². The first-order valence-electron chi connectivity index (χ1n) is 9.77. The number of nitrogens with two attached hydrogens (primary N) is 1. The lowest BCUT2D eigenvalue weighted by Gasteiger charge is -2.09. The van der Waals surface area contributed by atoms with Gasteiger partial charge in [-0.05, 0) is 41.8 Å². The van der Waals surface area contributed by atoms with Crippen LogP contribution < -0.4 is 15.8 Å². The highest BCUT2D eigenvalue weighted by Gasteiger charge is 2.14. The van der Waals surface area contributed by atoms with Gasteiger partial charge in [-0.2, -0.15) is 0 Å². The zero-order valence-electron chi connectivity index (χ0n) is 17.1. The van der Waals surface area contributed by atoms with Crippen LogP contribution in [0.25, 0.3) is 0 Å². The summed E-state index contributed by atoms with van der Waals surface area (Å²) in [4.78, 5) is 4.40. The number of nitrogens with one attached hydrogen (secondary N) is 2. The molecule has 0 saturated heterocycles. The summed E-state index contributed by atoms with van der Waals surface area (Å²) in [6.07, 6.45) is 4.57. The molecule has 0 atom stereocenters. The molecule has 0 heterocycles. The molecule has 0 aliphatic carbocycles. The second-order valence-electron chi connectivity index (χ2n) is 6.79. The minimum Gasteiger partial charge on any atom is -0.370 e. The molecule has 0 unspecified atom stereocenters. The van der Waals surface area contributed by atoms with Crippen LogP contribution >= 0.6 is 24.0 Å². The Hall–Kier alpha value is -1.72. The molecular formula is C21H30FIN4O2S. The molecule has 0 fully saturated rings. The number of aliphatic imine (C=N–C) groups is 1. The van der Waals surface area contributed by atoms with Crippen molar-refractivity contribution in [2.24, 2.45) is 10.7 Å². The molecule has 166 valence electrons. The van der Waals surface area contributed by atoms with E-state index in [0.29, 0.717) is 11.5 Å². The van der Waals surface area contributed by atoms with Gasteiger partial charge in [0.2, 0.25) is 10.0 Å². The third kappa shape index (κ3) is 9.40. The van der Waals surface area contributed by atoms with E-state index >= 15 is 0 Å². The van der Waals surface area contributed by atoms with Gasteiger partial charge in [-0.25, -0.2) is 22.5 Å². The van der Waals surface area contributed by atoms with E-state index < -0.39 is 15.8 Å². The number of halogens is 2.